The predicted molar refractivity (Wildman–Crippen MR) is 170 cm³/mol. The second-order valence-corrected chi connectivity index (χ2v) is 13.4. The summed E-state index contributed by atoms with van der Waals surface area (Å²) in [5.74, 6) is 1.80. The number of benzene rings is 1. The minimum atomic E-state index is -1.20. The summed E-state index contributed by atoms with van der Waals surface area (Å²) in [7, 11) is 1.00. The molecule has 0 aromatic heterocycles. The Balaban J connectivity index is 0.00000411. The number of rotatable bonds is 4. The lowest BCUT2D eigenvalue weighted by Gasteiger charge is -2.30. The Kier molecular flexibility index (Phi) is 17.1. The first kappa shape index (κ1) is 36.8. The molecule has 1 aromatic carbocycles. The maximum absolute atomic E-state index is 13.4. The van der Waals surface area contributed by atoms with Crippen LogP contribution in [0.25, 0.3) is 0 Å². The summed E-state index contributed by atoms with van der Waals surface area (Å²) in [5.41, 5.74) is 1.23. The molecule has 1 aliphatic rings. The maximum Gasteiger partial charge on any atom is 0.245 e. The first-order chi connectivity index (χ1) is 19.4. The Morgan fingerprint density at radius 1 is 0.951 bits per heavy atom. The third kappa shape index (κ3) is 13.5. The minimum Gasteiger partial charge on any atom is -0.400 e. The van der Waals surface area contributed by atoms with Gasteiger partial charge in [-0.15, -0.1) is 0 Å². The zero-order valence-electron chi connectivity index (χ0n) is 25.7. The average molecular weight is 611 g/mol. The Hall–Kier alpha value is -2.24. The maximum atomic E-state index is 13.4. The van der Waals surface area contributed by atoms with Gasteiger partial charge in [0.25, 0.3) is 0 Å². The van der Waals surface area contributed by atoms with Gasteiger partial charge in [0.15, 0.2) is 0 Å². The highest BCUT2D eigenvalue weighted by molar-refractivity contribution is 7.98. The SMILES string of the molecule is CC[C@H](C)[C@@H]1NC(=O)[C@H](CC(C)C)NC(=O)C(C)(C)NC(=O)CCSCc2cccc(c2)CSCCNC1=O.CO. The van der Waals surface area contributed by atoms with E-state index in [9.17, 15) is 19.2 Å². The molecule has 0 saturated carbocycles. The molecule has 1 aliphatic heterocycles. The number of hydrogen-bond acceptors (Lipinski definition) is 7. The highest BCUT2D eigenvalue weighted by atomic mass is 32.2. The molecule has 11 heteroatoms. The van der Waals surface area contributed by atoms with Crippen LogP contribution >= 0.6 is 23.5 Å². The van der Waals surface area contributed by atoms with Gasteiger partial charge in [0.05, 0.1) is 0 Å². The number of hydrogen-bond donors (Lipinski definition) is 5. The van der Waals surface area contributed by atoms with Crippen molar-refractivity contribution in [3.8, 4) is 0 Å². The van der Waals surface area contributed by atoms with Gasteiger partial charge in [0, 0.05) is 43.1 Å². The van der Waals surface area contributed by atoms with Crippen molar-refractivity contribution in [1.29, 1.82) is 0 Å². The van der Waals surface area contributed by atoms with Gasteiger partial charge in [-0.1, -0.05) is 58.4 Å². The molecule has 0 radical (unpaired) electrons. The van der Waals surface area contributed by atoms with Crippen molar-refractivity contribution in [2.75, 3.05) is 25.2 Å². The number of thioether (sulfide) groups is 2. The number of amides is 4. The first-order valence-corrected chi connectivity index (χ1v) is 16.6. The lowest BCUT2D eigenvalue weighted by Crippen LogP contribution is -2.61. The van der Waals surface area contributed by atoms with Crippen LogP contribution in [0.2, 0.25) is 0 Å². The van der Waals surface area contributed by atoms with E-state index in [1.807, 2.05) is 33.8 Å². The number of fused-ring (bicyclic) bond motifs is 2. The zero-order chi connectivity index (χ0) is 31.0. The largest absolute Gasteiger partial charge is 0.400 e. The molecule has 232 valence electrons. The van der Waals surface area contributed by atoms with Gasteiger partial charge in [-0.3, -0.25) is 19.2 Å². The molecule has 41 heavy (non-hydrogen) atoms. The highest BCUT2D eigenvalue weighted by Crippen LogP contribution is 2.19. The number of carbonyl (C=O) groups excluding carboxylic acids is 4. The molecule has 3 atom stereocenters. The summed E-state index contributed by atoms with van der Waals surface area (Å²) in [6.07, 6.45) is 1.41. The Bertz CT molecular complexity index is 989. The smallest absolute Gasteiger partial charge is 0.245 e. The van der Waals surface area contributed by atoms with E-state index in [1.54, 1.807) is 37.4 Å². The Morgan fingerprint density at radius 3 is 2.15 bits per heavy atom. The number of aliphatic hydroxyl groups excluding tert-OH is 1. The van der Waals surface area contributed by atoms with E-state index in [4.69, 9.17) is 5.11 Å². The molecular weight excluding hydrogens is 560 g/mol. The molecule has 0 fully saturated rings. The van der Waals surface area contributed by atoms with Crippen molar-refractivity contribution in [1.82, 2.24) is 21.3 Å². The third-order valence-corrected chi connectivity index (χ3v) is 8.75. The molecule has 5 N–H and O–H groups in total. The monoisotopic (exact) mass is 610 g/mol. The van der Waals surface area contributed by atoms with Crippen LogP contribution in [0.4, 0.5) is 0 Å². The van der Waals surface area contributed by atoms with Gasteiger partial charge < -0.3 is 26.4 Å². The molecule has 1 heterocycles. The van der Waals surface area contributed by atoms with E-state index in [0.29, 0.717) is 31.6 Å². The van der Waals surface area contributed by atoms with E-state index in [2.05, 4.69) is 39.5 Å². The van der Waals surface area contributed by atoms with Crippen molar-refractivity contribution in [3.05, 3.63) is 35.4 Å². The molecular formula is C30H50N4O5S2. The highest BCUT2D eigenvalue weighted by Gasteiger charge is 2.35. The molecule has 0 unspecified atom stereocenters. The normalized spacial score (nSPS) is 22.4. The van der Waals surface area contributed by atoms with Crippen molar-refractivity contribution >= 4 is 47.2 Å². The minimum absolute atomic E-state index is 0.0844. The van der Waals surface area contributed by atoms with E-state index in [1.165, 1.54) is 11.1 Å². The van der Waals surface area contributed by atoms with Crippen molar-refractivity contribution in [2.45, 2.75) is 89.9 Å². The molecule has 1 aromatic rings. The fraction of sp³-hybridized carbons (Fsp3) is 0.667. The predicted octanol–water partition coefficient (Wildman–Crippen LogP) is 3.24. The molecule has 9 nitrogen and oxygen atoms in total. The van der Waals surface area contributed by atoms with Gasteiger partial charge in [0.1, 0.15) is 17.6 Å². The summed E-state index contributed by atoms with van der Waals surface area (Å²) in [6, 6.07) is 6.88. The number of nitrogens with one attached hydrogen (secondary N) is 4. The Labute approximate surface area is 254 Å². The lowest BCUT2D eigenvalue weighted by molar-refractivity contribution is -0.136. The molecule has 0 aliphatic carbocycles. The third-order valence-electron chi connectivity index (χ3n) is 6.69. The van der Waals surface area contributed by atoms with Crippen LogP contribution in [0.1, 0.15) is 71.9 Å². The molecule has 0 spiro atoms. The standard InChI is InChI=1S/C29H46N4O4S2.CH4O/c1-7-20(4)25-27(36)30-12-14-39-18-22-10-8-9-21(16-22)17-38-13-11-24(34)33-29(5,6)28(37)31-23(15-19(2)3)26(35)32-25;1-2/h8-10,16,19-20,23,25H,7,11-15,17-18H2,1-6H3,(H,30,36)(H,31,37)(H,32,35)(H,33,34);2H,1H3/t20-,23-,25-;/m0./s1. The summed E-state index contributed by atoms with van der Waals surface area (Å²) in [6.45, 7) is 11.6. The van der Waals surface area contributed by atoms with Crippen LogP contribution in [0, 0.1) is 11.8 Å². The van der Waals surface area contributed by atoms with E-state index >= 15 is 0 Å². The molecule has 2 bridgehead atoms. The van der Waals surface area contributed by atoms with Crippen molar-refractivity contribution in [2.24, 2.45) is 11.8 Å². The van der Waals surface area contributed by atoms with Crippen molar-refractivity contribution < 1.29 is 24.3 Å². The van der Waals surface area contributed by atoms with Gasteiger partial charge >= 0.3 is 0 Å². The number of aliphatic hydroxyl groups is 1. The number of carbonyl (C=O) groups is 4. The summed E-state index contributed by atoms with van der Waals surface area (Å²) >= 11 is 3.42. The topological polar surface area (TPSA) is 137 Å². The Morgan fingerprint density at radius 2 is 1.56 bits per heavy atom. The van der Waals surface area contributed by atoms with E-state index in [0.717, 1.165) is 24.4 Å². The second-order valence-electron chi connectivity index (χ2n) is 11.2. The van der Waals surface area contributed by atoms with Gasteiger partial charge in [-0.05, 0) is 43.2 Å². The fourth-order valence-electron chi connectivity index (χ4n) is 4.18. The lowest BCUT2D eigenvalue weighted by atomic mass is 9.96. The van der Waals surface area contributed by atoms with Gasteiger partial charge in [0.2, 0.25) is 23.6 Å². The molecule has 0 saturated heterocycles. The van der Waals surface area contributed by atoms with Crippen LogP contribution < -0.4 is 21.3 Å². The average Bonchev–Trinajstić information content (AvgIpc) is 2.93. The second kappa shape index (κ2) is 19.0. The van der Waals surface area contributed by atoms with Crippen LogP contribution in [-0.2, 0) is 30.7 Å². The van der Waals surface area contributed by atoms with Crippen LogP contribution in [-0.4, -0.2) is 71.5 Å². The van der Waals surface area contributed by atoms with Gasteiger partial charge in [-0.2, -0.15) is 23.5 Å². The van der Waals surface area contributed by atoms with E-state index < -0.39 is 29.4 Å². The van der Waals surface area contributed by atoms with Crippen molar-refractivity contribution in [3.63, 3.8) is 0 Å². The summed E-state index contributed by atoms with van der Waals surface area (Å²) in [4.78, 5) is 52.3. The summed E-state index contributed by atoms with van der Waals surface area (Å²) < 4.78 is 0. The first-order valence-electron chi connectivity index (χ1n) is 14.3. The zero-order valence-corrected chi connectivity index (χ0v) is 27.3. The van der Waals surface area contributed by atoms with Crippen LogP contribution in [0.5, 0.6) is 0 Å². The van der Waals surface area contributed by atoms with Crippen LogP contribution in [0.3, 0.4) is 0 Å². The molecule has 2 rings (SSSR count). The fourth-order valence-corrected chi connectivity index (χ4v) is 5.87. The quantitative estimate of drug-likeness (QED) is 0.353. The van der Waals surface area contributed by atoms with Gasteiger partial charge in [-0.25, -0.2) is 0 Å². The van der Waals surface area contributed by atoms with E-state index in [-0.39, 0.29) is 23.7 Å². The summed E-state index contributed by atoms with van der Waals surface area (Å²) in [5, 5.41) is 18.5. The van der Waals surface area contributed by atoms with Crippen LogP contribution in [0.15, 0.2) is 24.3 Å². The molecule has 4 amide bonds.